The third-order valence-electron chi connectivity index (χ3n) is 3.41. The first-order valence-electron chi connectivity index (χ1n) is 6.42. The molecule has 1 fully saturated rings. The van der Waals surface area contributed by atoms with E-state index >= 15 is 0 Å². The molecule has 0 atom stereocenters. The summed E-state index contributed by atoms with van der Waals surface area (Å²) < 4.78 is 28.6. The van der Waals surface area contributed by atoms with Crippen molar-refractivity contribution in [3.63, 3.8) is 0 Å². The van der Waals surface area contributed by atoms with E-state index in [0.717, 1.165) is 12.8 Å². The lowest BCUT2D eigenvalue weighted by Crippen LogP contribution is -2.18. The number of hydrogen-bond donors (Lipinski definition) is 1. The van der Waals surface area contributed by atoms with Crippen LogP contribution in [-0.4, -0.2) is 15.0 Å². The maximum Gasteiger partial charge on any atom is 0.241 e. The zero-order chi connectivity index (χ0) is 13.9. The van der Waals surface area contributed by atoms with Gasteiger partial charge in [-0.2, -0.15) is 0 Å². The molecule has 0 radical (unpaired) electrons. The van der Waals surface area contributed by atoms with Gasteiger partial charge in [0.15, 0.2) is 0 Å². The molecular weight excluding hydrogens is 286 g/mol. The van der Waals surface area contributed by atoms with Crippen molar-refractivity contribution in [1.82, 2.24) is 0 Å². The Labute approximate surface area is 118 Å². The first-order valence-corrected chi connectivity index (χ1v) is 8.34. The topological polar surface area (TPSA) is 69.4 Å². The minimum Gasteiger partial charge on any atom is -0.492 e. The number of halogens is 1. The van der Waals surface area contributed by atoms with Gasteiger partial charge in [-0.05, 0) is 37.0 Å². The second kappa shape index (κ2) is 6.11. The Bertz CT molecular complexity index is 539. The van der Waals surface area contributed by atoms with Crippen LogP contribution in [0.15, 0.2) is 23.1 Å². The van der Waals surface area contributed by atoms with Gasteiger partial charge in [-0.1, -0.05) is 30.9 Å². The predicted molar refractivity (Wildman–Crippen MR) is 74.9 cm³/mol. The van der Waals surface area contributed by atoms with Gasteiger partial charge in [0.1, 0.15) is 10.6 Å². The van der Waals surface area contributed by atoms with Gasteiger partial charge in [-0.25, -0.2) is 13.6 Å². The van der Waals surface area contributed by atoms with Crippen molar-refractivity contribution in [2.45, 2.75) is 37.0 Å². The molecule has 1 aromatic carbocycles. The molecule has 1 aliphatic carbocycles. The van der Waals surface area contributed by atoms with Gasteiger partial charge < -0.3 is 4.74 Å². The molecule has 1 aromatic rings. The van der Waals surface area contributed by atoms with Crippen LogP contribution in [0, 0.1) is 5.92 Å². The van der Waals surface area contributed by atoms with E-state index in [0.29, 0.717) is 17.5 Å². The molecule has 1 saturated carbocycles. The van der Waals surface area contributed by atoms with Crippen LogP contribution in [0.3, 0.4) is 0 Å². The maximum atomic E-state index is 11.5. The molecule has 106 valence electrons. The van der Waals surface area contributed by atoms with Crippen molar-refractivity contribution < 1.29 is 13.2 Å². The molecule has 0 amide bonds. The number of ether oxygens (including phenoxy) is 1. The molecule has 0 unspecified atom stereocenters. The van der Waals surface area contributed by atoms with Crippen LogP contribution in [0.5, 0.6) is 5.75 Å². The van der Waals surface area contributed by atoms with Crippen molar-refractivity contribution in [2.24, 2.45) is 11.1 Å². The van der Waals surface area contributed by atoms with Gasteiger partial charge in [0.2, 0.25) is 10.0 Å². The maximum absolute atomic E-state index is 11.5. The summed E-state index contributed by atoms with van der Waals surface area (Å²) in [6, 6.07) is 4.49. The monoisotopic (exact) mass is 303 g/mol. The van der Waals surface area contributed by atoms with E-state index < -0.39 is 10.0 Å². The molecule has 6 heteroatoms. The Morgan fingerprint density at radius 1 is 1.26 bits per heavy atom. The Hall–Kier alpha value is -0.780. The van der Waals surface area contributed by atoms with Gasteiger partial charge in [0.25, 0.3) is 0 Å². The summed E-state index contributed by atoms with van der Waals surface area (Å²) in [5, 5.41) is 5.50. The van der Waals surface area contributed by atoms with Crippen LogP contribution < -0.4 is 9.88 Å². The summed E-state index contributed by atoms with van der Waals surface area (Å²) in [6.07, 6.45) is 5.99. The quantitative estimate of drug-likeness (QED) is 0.929. The predicted octanol–water partition coefficient (Wildman–Crippen LogP) is 2.95. The van der Waals surface area contributed by atoms with Gasteiger partial charge in [0, 0.05) is 5.02 Å². The van der Waals surface area contributed by atoms with Crippen LogP contribution in [0.25, 0.3) is 0 Å². The summed E-state index contributed by atoms with van der Waals surface area (Å²) in [5.41, 5.74) is 0. The molecule has 0 aromatic heterocycles. The Morgan fingerprint density at radius 3 is 2.58 bits per heavy atom. The first-order chi connectivity index (χ1) is 8.97. The van der Waals surface area contributed by atoms with Gasteiger partial charge in [0.05, 0.1) is 6.61 Å². The standard InChI is InChI=1S/C13H18ClNO3S/c14-11-6-7-12(13(8-11)19(15,16)17)18-9-10-4-2-1-3-5-10/h6-8,10H,1-5,9H2,(H2,15,16,17). The number of benzene rings is 1. The minimum absolute atomic E-state index is 0.0455. The summed E-state index contributed by atoms with van der Waals surface area (Å²) >= 11 is 5.80. The van der Waals surface area contributed by atoms with Crippen LogP contribution >= 0.6 is 11.6 Å². The Kier molecular flexibility index (Phi) is 4.71. The van der Waals surface area contributed by atoms with Crippen molar-refractivity contribution in [3.05, 3.63) is 23.2 Å². The second-order valence-electron chi connectivity index (χ2n) is 4.95. The molecule has 2 N–H and O–H groups in total. The van der Waals surface area contributed by atoms with Gasteiger partial charge in [-0.15, -0.1) is 0 Å². The third-order valence-corrected chi connectivity index (χ3v) is 4.58. The molecule has 2 rings (SSSR count). The average Bonchev–Trinajstić information content (AvgIpc) is 2.37. The number of hydrogen-bond acceptors (Lipinski definition) is 3. The van der Waals surface area contributed by atoms with E-state index in [2.05, 4.69) is 0 Å². The van der Waals surface area contributed by atoms with E-state index in [1.54, 1.807) is 12.1 Å². The third kappa shape index (κ3) is 4.09. The lowest BCUT2D eigenvalue weighted by atomic mass is 9.90. The summed E-state index contributed by atoms with van der Waals surface area (Å²) in [5.74, 6) is 0.787. The molecule has 0 bridgehead atoms. The summed E-state index contributed by atoms with van der Waals surface area (Å²) in [6.45, 7) is 0.532. The highest BCUT2D eigenvalue weighted by Crippen LogP contribution is 2.29. The minimum atomic E-state index is -3.82. The van der Waals surface area contributed by atoms with E-state index in [-0.39, 0.29) is 10.6 Å². The highest BCUT2D eigenvalue weighted by Gasteiger charge is 2.18. The fourth-order valence-corrected chi connectivity index (χ4v) is 3.32. The van der Waals surface area contributed by atoms with Crippen molar-refractivity contribution in [3.8, 4) is 5.75 Å². The van der Waals surface area contributed by atoms with E-state index in [1.807, 2.05) is 0 Å². The molecule has 0 saturated heterocycles. The van der Waals surface area contributed by atoms with Crippen LogP contribution in [0.2, 0.25) is 5.02 Å². The molecule has 0 aliphatic heterocycles. The number of rotatable bonds is 4. The fourth-order valence-electron chi connectivity index (χ4n) is 2.38. The van der Waals surface area contributed by atoms with E-state index in [9.17, 15) is 8.42 Å². The average molecular weight is 304 g/mol. The smallest absolute Gasteiger partial charge is 0.241 e. The number of sulfonamides is 1. The number of primary sulfonamides is 1. The van der Waals surface area contributed by atoms with Crippen LogP contribution in [0.4, 0.5) is 0 Å². The highest BCUT2D eigenvalue weighted by atomic mass is 35.5. The molecular formula is C13H18ClNO3S. The lowest BCUT2D eigenvalue weighted by Gasteiger charge is -2.22. The van der Waals surface area contributed by atoms with Crippen molar-refractivity contribution in [2.75, 3.05) is 6.61 Å². The molecule has 4 nitrogen and oxygen atoms in total. The Morgan fingerprint density at radius 2 is 1.95 bits per heavy atom. The van der Waals surface area contributed by atoms with Crippen molar-refractivity contribution >= 4 is 21.6 Å². The first kappa shape index (κ1) is 14.6. The van der Waals surface area contributed by atoms with Crippen molar-refractivity contribution in [1.29, 1.82) is 0 Å². The Balaban J connectivity index is 2.11. The SMILES string of the molecule is NS(=O)(=O)c1cc(Cl)ccc1OCC1CCCCC1. The fraction of sp³-hybridized carbons (Fsp3) is 0.538. The molecule has 1 aliphatic rings. The summed E-state index contributed by atoms with van der Waals surface area (Å²) in [7, 11) is -3.82. The van der Waals surface area contributed by atoms with Crippen LogP contribution in [-0.2, 0) is 10.0 Å². The van der Waals surface area contributed by atoms with Gasteiger partial charge in [-0.3, -0.25) is 0 Å². The zero-order valence-electron chi connectivity index (χ0n) is 10.6. The normalized spacial score (nSPS) is 17.4. The molecule has 0 spiro atoms. The summed E-state index contributed by atoms with van der Waals surface area (Å²) in [4.78, 5) is -0.0455. The number of nitrogens with two attached hydrogens (primary N) is 1. The zero-order valence-corrected chi connectivity index (χ0v) is 12.2. The molecule has 19 heavy (non-hydrogen) atoms. The molecule has 0 heterocycles. The van der Waals surface area contributed by atoms with E-state index in [4.69, 9.17) is 21.5 Å². The lowest BCUT2D eigenvalue weighted by molar-refractivity contribution is 0.205. The second-order valence-corrected chi connectivity index (χ2v) is 6.92. The highest BCUT2D eigenvalue weighted by molar-refractivity contribution is 7.89. The van der Waals surface area contributed by atoms with E-state index in [1.165, 1.54) is 25.3 Å². The largest absolute Gasteiger partial charge is 0.492 e. The van der Waals surface area contributed by atoms with Crippen LogP contribution in [0.1, 0.15) is 32.1 Å². The van der Waals surface area contributed by atoms with Gasteiger partial charge >= 0.3 is 0 Å².